The predicted octanol–water partition coefficient (Wildman–Crippen LogP) is 4.36. The van der Waals surface area contributed by atoms with Gasteiger partial charge in [0.05, 0.1) is 0 Å². The first-order valence-corrected chi connectivity index (χ1v) is 7.99. The van der Waals surface area contributed by atoms with Crippen molar-refractivity contribution in [2.45, 2.75) is 64.0 Å². The maximum Gasteiger partial charge on any atom is 0.0130 e. The van der Waals surface area contributed by atoms with E-state index in [1.165, 1.54) is 37.7 Å². The average molecular weight is 257 g/mol. The molecular formula is C18H27N. The Morgan fingerprint density at radius 1 is 1.16 bits per heavy atom. The molecule has 0 aliphatic carbocycles. The van der Waals surface area contributed by atoms with Crippen molar-refractivity contribution in [2.24, 2.45) is 5.92 Å². The van der Waals surface area contributed by atoms with Gasteiger partial charge in [-0.1, -0.05) is 43.2 Å². The molecule has 0 unspecified atom stereocenters. The van der Waals surface area contributed by atoms with Gasteiger partial charge in [-0.25, -0.2) is 0 Å². The van der Waals surface area contributed by atoms with Crippen LogP contribution in [-0.2, 0) is 0 Å². The second-order valence-corrected chi connectivity index (χ2v) is 6.67. The molecule has 2 fully saturated rings. The maximum atomic E-state index is 2.69. The largest absolute Gasteiger partial charge is 0.300 e. The van der Waals surface area contributed by atoms with E-state index in [0.29, 0.717) is 0 Å². The van der Waals surface area contributed by atoms with Gasteiger partial charge in [-0.15, -0.1) is 0 Å². The molecule has 0 spiro atoms. The van der Waals surface area contributed by atoms with Crippen LogP contribution in [0.25, 0.3) is 0 Å². The number of hydrogen-bond acceptors (Lipinski definition) is 1. The summed E-state index contributed by atoms with van der Waals surface area (Å²) in [6, 6.07) is 11.0. The van der Waals surface area contributed by atoms with E-state index in [-0.39, 0.29) is 0 Å². The van der Waals surface area contributed by atoms with Crippen LogP contribution in [0.1, 0.15) is 56.1 Å². The first-order valence-electron chi connectivity index (χ1n) is 7.99. The SMILES string of the molecule is CCC[C@H]1[C@@H](c2ccc(C)cc2)C[C@@H]2CC[C@@H]1N2C. The van der Waals surface area contributed by atoms with Gasteiger partial charge in [0.1, 0.15) is 0 Å². The number of benzene rings is 1. The van der Waals surface area contributed by atoms with Gasteiger partial charge in [-0.2, -0.15) is 0 Å². The summed E-state index contributed by atoms with van der Waals surface area (Å²) >= 11 is 0. The van der Waals surface area contributed by atoms with E-state index in [1.807, 2.05) is 0 Å². The fraction of sp³-hybridized carbons (Fsp3) is 0.667. The molecule has 2 aliphatic heterocycles. The second-order valence-electron chi connectivity index (χ2n) is 6.67. The minimum absolute atomic E-state index is 0.800. The lowest BCUT2D eigenvalue weighted by Gasteiger charge is -2.43. The minimum Gasteiger partial charge on any atom is -0.300 e. The van der Waals surface area contributed by atoms with Gasteiger partial charge in [-0.05, 0) is 57.1 Å². The van der Waals surface area contributed by atoms with Crippen LogP contribution in [0.3, 0.4) is 0 Å². The van der Waals surface area contributed by atoms with Crippen LogP contribution in [0.15, 0.2) is 24.3 Å². The van der Waals surface area contributed by atoms with E-state index < -0.39 is 0 Å². The summed E-state index contributed by atoms with van der Waals surface area (Å²) in [4.78, 5) is 2.69. The smallest absolute Gasteiger partial charge is 0.0130 e. The second kappa shape index (κ2) is 5.28. The summed E-state index contributed by atoms with van der Waals surface area (Å²) in [6.07, 6.45) is 6.93. The molecule has 2 saturated heterocycles. The highest BCUT2D eigenvalue weighted by molar-refractivity contribution is 5.27. The summed E-state index contributed by atoms with van der Waals surface area (Å²) < 4.78 is 0. The number of hydrogen-bond donors (Lipinski definition) is 0. The van der Waals surface area contributed by atoms with E-state index in [0.717, 1.165) is 23.9 Å². The van der Waals surface area contributed by atoms with Crippen LogP contribution in [0.2, 0.25) is 0 Å². The van der Waals surface area contributed by atoms with Gasteiger partial charge >= 0.3 is 0 Å². The van der Waals surface area contributed by atoms with Crippen LogP contribution in [0, 0.1) is 12.8 Å². The Morgan fingerprint density at radius 3 is 2.58 bits per heavy atom. The van der Waals surface area contributed by atoms with Crippen molar-refractivity contribution in [3.63, 3.8) is 0 Å². The van der Waals surface area contributed by atoms with E-state index in [9.17, 15) is 0 Å². The van der Waals surface area contributed by atoms with Crippen molar-refractivity contribution in [1.82, 2.24) is 4.90 Å². The molecule has 0 amide bonds. The predicted molar refractivity (Wildman–Crippen MR) is 81.5 cm³/mol. The fourth-order valence-electron chi connectivity index (χ4n) is 4.50. The Hall–Kier alpha value is -0.820. The molecule has 3 rings (SSSR count). The third kappa shape index (κ3) is 2.33. The van der Waals surface area contributed by atoms with E-state index in [1.54, 1.807) is 5.56 Å². The standard InChI is InChI=1S/C18H27N/c1-4-5-16-17(14-8-6-13(2)7-9-14)12-15-10-11-18(16)19(15)3/h6-9,15-18H,4-5,10-12H2,1-3H3/t15-,16-,17+,18-/m0/s1. The summed E-state index contributed by atoms with van der Waals surface area (Å²) in [5.41, 5.74) is 2.97. The van der Waals surface area contributed by atoms with E-state index >= 15 is 0 Å². The third-order valence-corrected chi connectivity index (χ3v) is 5.56. The van der Waals surface area contributed by atoms with Crippen molar-refractivity contribution in [3.05, 3.63) is 35.4 Å². The highest BCUT2D eigenvalue weighted by Crippen LogP contribution is 2.47. The summed E-state index contributed by atoms with van der Waals surface area (Å²) in [5, 5.41) is 0. The Bertz CT molecular complexity index is 422. The molecule has 1 aromatic rings. The zero-order valence-corrected chi connectivity index (χ0v) is 12.6. The van der Waals surface area contributed by atoms with Crippen molar-refractivity contribution >= 4 is 0 Å². The van der Waals surface area contributed by atoms with Crippen LogP contribution >= 0.6 is 0 Å². The highest BCUT2D eigenvalue weighted by atomic mass is 15.2. The van der Waals surface area contributed by atoms with Crippen molar-refractivity contribution in [2.75, 3.05) is 7.05 Å². The molecular weight excluding hydrogens is 230 g/mol. The molecule has 2 bridgehead atoms. The molecule has 0 radical (unpaired) electrons. The maximum absolute atomic E-state index is 2.69. The molecule has 0 saturated carbocycles. The number of nitrogens with zero attached hydrogens (tertiary/aromatic N) is 1. The highest BCUT2D eigenvalue weighted by Gasteiger charge is 2.45. The number of fused-ring (bicyclic) bond motifs is 2. The lowest BCUT2D eigenvalue weighted by molar-refractivity contribution is 0.0940. The van der Waals surface area contributed by atoms with Gasteiger partial charge in [0, 0.05) is 12.1 Å². The lowest BCUT2D eigenvalue weighted by Crippen LogP contribution is -2.45. The average Bonchev–Trinajstić information content (AvgIpc) is 2.65. The molecule has 2 heterocycles. The third-order valence-electron chi connectivity index (χ3n) is 5.56. The molecule has 0 N–H and O–H groups in total. The molecule has 2 aliphatic rings. The van der Waals surface area contributed by atoms with Crippen molar-refractivity contribution in [3.8, 4) is 0 Å². The Kier molecular flexibility index (Phi) is 3.66. The summed E-state index contributed by atoms with van der Waals surface area (Å²) in [6.45, 7) is 4.53. The number of aryl methyl sites for hydroxylation is 1. The van der Waals surface area contributed by atoms with Crippen molar-refractivity contribution < 1.29 is 0 Å². The Morgan fingerprint density at radius 2 is 1.89 bits per heavy atom. The topological polar surface area (TPSA) is 3.24 Å². The molecule has 104 valence electrons. The van der Waals surface area contributed by atoms with Gasteiger partial charge in [0.2, 0.25) is 0 Å². The quantitative estimate of drug-likeness (QED) is 0.777. The lowest BCUT2D eigenvalue weighted by atomic mass is 9.74. The zero-order chi connectivity index (χ0) is 13.4. The zero-order valence-electron chi connectivity index (χ0n) is 12.6. The van der Waals surface area contributed by atoms with Crippen molar-refractivity contribution in [1.29, 1.82) is 0 Å². The Balaban J connectivity index is 1.88. The van der Waals surface area contributed by atoms with Gasteiger partial charge in [0.15, 0.2) is 0 Å². The normalized spacial score (nSPS) is 34.7. The van der Waals surface area contributed by atoms with Crippen LogP contribution < -0.4 is 0 Å². The fourth-order valence-corrected chi connectivity index (χ4v) is 4.50. The van der Waals surface area contributed by atoms with Gasteiger partial charge in [0.25, 0.3) is 0 Å². The monoisotopic (exact) mass is 257 g/mol. The van der Waals surface area contributed by atoms with E-state index in [2.05, 4.69) is 50.1 Å². The summed E-state index contributed by atoms with van der Waals surface area (Å²) in [5.74, 6) is 1.67. The molecule has 0 aromatic heterocycles. The van der Waals surface area contributed by atoms with Gasteiger partial charge < -0.3 is 4.90 Å². The Labute approximate surface area is 118 Å². The number of rotatable bonds is 3. The molecule has 19 heavy (non-hydrogen) atoms. The molecule has 1 heteroatoms. The molecule has 1 aromatic carbocycles. The minimum atomic E-state index is 0.800. The van der Waals surface area contributed by atoms with E-state index in [4.69, 9.17) is 0 Å². The van der Waals surface area contributed by atoms with Crippen LogP contribution in [0.4, 0.5) is 0 Å². The number of piperidine rings is 1. The summed E-state index contributed by atoms with van der Waals surface area (Å²) in [7, 11) is 2.36. The molecule has 4 atom stereocenters. The van der Waals surface area contributed by atoms with Crippen LogP contribution in [-0.4, -0.2) is 24.0 Å². The first-order chi connectivity index (χ1) is 9.20. The van der Waals surface area contributed by atoms with Gasteiger partial charge in [-0.3, -0.25) is 0 Å². The first kappa shape index (κ1) is 13.2. The molecule has 1 nitrogen and oxygen atoms in total. The van der Waals surface area contributed by atoms with Crippen LogP contribution in [0.5, 0.6) is 0 Å².